The summed E-state index contributed by atoms with van der Waals surface area (Å²) in [6.45, 7) is 0.528. The Bertz CT molecular complexity index is 864. The monoisotopic (exact) mass is 309 g/mol. The van der Waals surface area contributed by atoms with E-state index < -0.39 is 0 Å². The summed E-state index contributed by atoms with van der Waals surface area (Å²) >= 11 is 0. The van der Waals surface area contributed by atoms with Gasteiger partial charge in [-0.1, -0.05) is 24.3 Å². The maximum Gasteiger partial charge on any atom is 0.251 e. The number of rotatable bonds is 4. The van der Waals surface area contributed by atoms with Crippen molar-refractivity contribution in [2.24, 2.45) is 0 Å². The number of hydrogen-bond donors (Lipinski definition) is 2. The summed E-state index contributed by atoms with van der Waals surface area (Å²) < 4.78 is 13.8. The van der Waals surface area contributed by atoms with Crippen LogP contribution in [0, 0.1) is 5.82 Å². The number of aromatic nitrogens is 1. The minimum atomic E-state index is -0.340. The number of halogens is 1. The molecule has 2 N–H and O–H groups in total. The van der Waals surface area contributed by atoms with Crippen molar-refractivity contribution in [3.05, 3.63) is 71.7 Å². The lowest BCUT2D eigenvalue weighted by Gasteiger charge is -2.10. The molecule has 0 radical (unpaired) electrons. The van der Waals surface area contributed by atoms with E-state index in [1.54, 1.807) is 25.4 Å². The quantitative estimate of drug-likeness (QED) is 0.777. The molecule has 2 aromatic carbocycles. The van der Waals surface area contributed by atoms with Crippen LogP contribution in [0.5, 0.6) is 0 Å². The number of carbonyl (C=O) groups is 1. The molecular weight excluding hydrogens is 293 g/mol. The van der Waals surface area contributed by atoms with Gasteiger partial charge in [0, 0.05) is 36.4 Å². The molecule has 0 atom stereocenters. The lowest BCUT2D eigenvalue weighted by molar-refractivity contribution is 0.0963. The summed E-state index contributed by atoms with van der Waals surface area (Å²) in [6.07, 6.45) is 1.58. The van der Waals surface area contributed by atoms with Crippen LogP contribution in [-0.4, -0.2) is 17.9 Å². The van der Waals surface area contributed by atoms with Crippen LogP contribution < -0.4 is 10.6 Å². The smallest absolute Gasteiger partial charge is 0.251 e. The van der Waals surface area contributed by atoms with Crippen molar-refractivity contribution in [1.82, 2.24) is 10.3 Å². The van der Waals surface area contributed by atoms with Crippen LogP contribution in [0.3, 0.4) is 0 Å². The number of benzene rings is 2. The third kappa shape index (κ3) is 3.13. The molecule has 0 unspecified atom stereocenters. The van der Waals surface area contributed by atoms with E-state index in [9.17, 15) is 9.18 Å². The highest BCUT2D eigenvalue weighted by molar-refractivity contribution is 5.94. The highest BCUT2D eigenvalue weighted by Gasteiger charge is 2.07. The number of nitrogens with zero attached hydrogens (tertiary/aromatic N) is 1. The van der Waals surface area contributed by atoms with E-state index in [2.05, 4.69) is 15.6 Å². The van der Waals surface area contributed by atoms with E-state index >= 15 is 0 Å². The molecule has 1 amide bonds. The van der Waals surface area contributed by atoms with Gasteiger partial charge in [-0.05, 0) is 29.8 Å². The van der Waals surface area contributed by atoms with Gasteiger partial charge in [-0.25, -0.2) is 4.39 Å². The second-order valence-corrected chi connectivity index (χ2v) is 5.13. The van der Waals surface area contributed by atoms with Gasteiger partial charge in [0.2, 0.25) is 0 Å². The Morgan fingerprint density at radius 1 is 1.17 bits per heavy atom. The van der Waals surface area contributed by atoms with Crippen LogP contribution in [0.2, 0.25) is 0 Å². The standard InChI is InChI=1S/C18H16FN3O/c1-20-18(23)13-5-2-4-12(10-13)11-22-16-8-9-21-17-14(16)6-3-7-15(17)19/h2-10H,11H2,1H3,(H,20,23)(H,21,22). The van der Waals surface area contributed by atoms with Gasteiger partial charge in [0.05, 0.1) is 0 Å². The number of anilines is 1. The third-order valence-electron chi connectivity index (χ3n) is 3.62. The van der Waals surface area contributed by atoms with Crippen LogP contribution in [0.15, 0.2) is 54.7 Å². The highest BCUT2D eigenvalue weighted by atomic mass is 19.1. The Kier molecular flexibility index (Phi) is 4.19. The lowest BCUT2D eigenvalue weighted by Crippen LogP contribution is -2.18. The number of para-hydroxylation sites is 1. The van der Waals surface area contributed by atoms with Gasteiger partial charge in [-0.3, -0.25) is 9.78 Å². The molecule has 4 nitrogen and oxygen atoms in total. The van der Waals surface area contributed by atoms with Gasteiger partial charge in [0.1, 0.15) is 11.3 Å². The van der Waals surface area contributed by atoms with E-state index in [4.69, 9.17) is 0 Å². The van der Waals surface area contributed by atoms with Crippen molar-refractivity contribution in [2.45, 2.75) is 6.54 Å². The Labute approximate surface area is 133 Å². The van der Waals surface area contributed by atoms with Crippen molar-refractivity contribution >= 4 is 22.5 Å². The molecule has 3 rings (SSSR count). The first-order valence-corrected chi connectivity index (χ1v) is 7.27. The largest absolute Gasteiger partial charge is 0.380 e. The van der Waals surface area contributed by atoms with Crippen LogP contribution in [0.4, 0.5) is 10.1 Å². The summed E-state index contributed by atoms with van der Waals surface area (Å²) in [4.78, 5) is 15.7. The number of nitrogens with one attached hydrogen (secondary N) is 2. The van der Waals surface area contributed by atoms with E-state index in [1.165, 1.54) is 6.07 Å². The van der Waals surface area contributed by atoms with E-state index in [-0.39, 0.29) is 11.7 Å². The maximum absolute atomic E-state index is 13.8. The summed E-state index contributed by atoms with van der Waals surface area (Å²) in [5.74, 6) is -0.462. The van der Waals surface area contributed by atoms with E-state index in [0.29, 0.717) is 17.6 Å². The molecule has 0 aliphatic rings. The van der Waals surface area contributed by atoms with E-state index in [0.717, 1.165) is 16.6 Å². The summed E-state index contributed by atoms with van der Waals surface area (Å²) in [5, 5.41) is 6.61. The molecule has 1 heterocycles. The fraction of sp³-hybridized carbons (Fsp3) is 0.111. The van der Waals surface area contributed by atoms with Crippen LogP contribution in [-0.2, 0) is 6.54 Å². The van der Waals surface area contributed by atoms with Gasteiger partial charge >= 0.3 is 0 Å². The zero-order valence-corrected chi connectivity index (χ0v) is 12.6. The van der Waals surface area contributed by atoms with Gasteiger partial charge in [0.25, 0.3) is 5.91 Å². The SMILES string of the molecule is CNC(=O)c1cccc(CNc2ccnc3c(F)cccc23)c1. The zero-order chi connectivity index (χ0) is 16.2. The third-order valence-corrected chi connectivity index (χ3v) is 3.62. The molecule has 116 valence electrons. The molecule has 0 saturated heterocycles. The summed E-state index contributed by atoms with van der Waals surface area (Å²) in [6, 6.07) is 14.1. The van der Waals surface area contributed by atoms with E-state index in [1.807, 2.05) is 30.3 Å². The van der Waals surface area contributed by atoms with Gasteiger partial charge in [0.15, 0.2) is 0 Å². The van der Waals surface area contributed by atoms with Crippen LogP contribution in [0.25, 0.3) is 10.9 Å². The number of pyridine rings is 1. The molecule has 23 heavy (non-hydrogen) atoms. The Morgan fingerprint density at radius 2 is 2.00 bits per heavy atom. The van der Waals surface area contributed by atoms with Crippen molar-refractivity contribution in [1.29, 1.82) is 0 Å². The average Bonchev–Trinajstić information content (AvgIpc) is 2.60. The second-order valence-electron chi connectivity index (χ2n) is 5.13. The van der Waals surface area contributed by atoms with Crippen molar-refractivity contribution < 1.29 is 9.18 Å². The van der Waals surface area contributed by atoms with Crippen LogP contribution in [0.1, 0.15) is 15.9 Å². The second kappa shape index (κ2) is 6.44. The number of hydrogen-bond acceptors (Lipinski definition) is 3. The zero-order valence-electron chi connectivity index (χ0n) is 12.6. The minimum absolute atomic E-state index is 0.122. The lowest BCUT2D eigenvalue weighted by atomic mass is 10.1. The molecule has 0 aliphatic carbocycles. The van der Waals surface area contributed by atoms with Crippen molar-refractivity contribution in [3.8, 4) is 0 Å². The first-order valence-electron chi connectivity index (χ1n) is 7.27. The van der Waals surface area contributed by atoms with Crippen LogP contribution >= 0.6 is 0 Å². The number of fused-ring (bicyclic) bond motifs is 1. The molecule has 0 saturated carbocycles. The number of carbonyl (C=O) groups excluding carboxylic acids is 1. The Balaban J connectivity index is 1.84. The molecule has 3 aromatic rings. The fourth-order valence-corrected chi connectivity index (χ4v) is 2.46. The molecular formula is C18H16FN3O. The molecule has 0 fully saturated rings. The van der Waals surface area contributed by atoms with Crippen molar-refractivity contribution in [3.63, 3.8) is 0 Å². The van der Waals surface area contributed by atoms with Crippen molar-refractivity contribution in [2.75, 3.05) is 12.4 Å². The molecule has 0 spiro atoms. The molecule has 5 heteroatoms. The number of amides is 1. The van der Waals surface area contributed by atoms with Gasteiger partial charge in [-0.15, -0.1) is 0 Å². The average molecular weight is 309 g/mol. The van der Waals surface area contributed by atoms with Gasteiger partial charge in [-0.2, -0.15) is 0 Å². The fourth-order valence-electron chi connectivity index (χ4n) is 2.46. The predicted octanol–water partition coefficient (Wildman–Crippen LogP) is 3.35. The highest BCUT2D eigenvalue weighted by Crippen LogP contribution is 2.23. The topological polar surface area (TPSA) is 54.0 Å². The Hall–Kier alpha value is -2.95. The normalized spacial score (nSPS) is 10.5. The summed E-state index contributed by atoms with van der Waals surface area (Å²) in [5.41, 5.74) is 2.72. The first-order chi connectivity index (χ1) is 11.2. The Morgan fingerprint density at radius 3 is 2.83 bits per heavy atom. The van der Waals surface area contributed by atoms with Gasteiger partial charge < -0.3 is 10.6 Å². The molecule has 1 aromatic heterocycles. The first kappa shape index (κ1) is 15.0. The maximum atomic E-state index is 13.8. The molecule has 0 bridgehead atoms. The molecule has 0 aliphatic heterocycles. The summed E-state index contributed by atoms with van der Waals surface area (Å²) in [7, 11) is 1.60. The minimum Gasteiger partial charge on any atom is -0.380 e. The predicted molar refractivity (Wildman–Crippen MR) is 88.9 cm³/mol.